The maximum absolute atomic E-state index is 13.5. The van der Waals surface area contributed by atoms with Crippen molar-refractivity contribution in [2.24, 2.45) is 0 Å². The number of nitrogens with zero attached hydrogens (tertiary/aromatic N) is 1. The molecule has 1 heterocycles. The Balaban J connectivity index is 2.22. The number of carbonyl (C=O) groups excluding carboxylic acids is 2. The summed E-state index contributed by atoms with van der Waals surface area (Å²) in [7, 11) is 0. The van der Waals surface area contributed by atoms with Gasteiger partial charge in [0.2, 0.25) is 5.91 Å². The molecule has 0 saturated carbocycles. The number of nitrogen functional groups attached to an aromatic ring is 1. The van der Waals surface area contributed by atoms with Gasteiger partial charge in [0.15, 0.2) is 6.23 Å². The van der Waals surface area contributed by atoms with Gasteiger partial charge in [-0.3, -0.25) is 9.69 Å². The summed E-state index contributed by atoms with van der Waals surface area (Å²) in [5, 5.41) is 2.52. The predicted octanol–water partition coefficient (Wildman–Crippen LogP) is 1.13. The molecule has 0 aliphatic carbocycles. The predicted molar refractivity (Wildman–Crippen MR) is 75.0 cm³/mol. The van der Waals surface area contributed by atoms with Gasteiger partial charge in [0, 0.05) is 0 Å². The number of carbonyl (C=O) groups is 2. The molecular formula is C12H14FN3O3S. The Hall–Kier alpha value is -1.96. The molecule has 1 aliphatic heterocycles. The van der Waals surface area contributed by atoms with Gasteiger partial charge in [-0.2, -0.15) is 12.6 Å². The van der Waals surface area contributed by atoms with E-state index in [2.05, 4.69) is 17.9 Å². The SMILES string of the molecule is CC1[C@@H](NC(=O)CS)OC(=O)N1c1ccc(N)c(F)c1. The van der Waals surface area contributed by atoms with Gasteiger partial charge >= 0.3 is 6.09 Å². The Morgan fingerprint density at radius 1 is 1.60 bits per heavy atom. The van der Waals surface area contributed by atoms with E-state index < -0.39 is 24.2 Å². The summed E-state index contributed by atoms with van der Waals surface area (Å²) in [6.45, 7) is 1.68. The molecule has 0 bridgehead atoms. The van der Waals surface area contributed by atoms with E-state index in [9.17, 15) is 14.0 Å². The number of halogens is 1. The molecule has 0 spiro atoms. The van der Waals surface area contributed by atoms with Crippen LogP contribution in [0.5, 0.6) is 0 Å². The Bertz CT molecular complexity index is 555. The van der Waals surface area contributed by atoms with Gasteiger partial charge < -0.3 is 15.8 Å². The number of rotatable bonds is 3. The van der Waals surface area contributed by atoms with Gasteiger partial charge in [0.1, 0.15) is 5.82 Å². The summed E-state index contributed by atoms with van der Waals surface area (Å²) in [5.41, 5.74) is 5.70. The van der Waals surface area contributed by atoms with Crippen LogP contribution in [-0.4, -0.2) is 30.0 Å². The Kier molecular flexibility index (Phi) is 4.03. The van der Waals surface area contributed by atoms with Crippen molar-refractivity contribution < 1.29 is 18.7 Å². The van der Waals surface area contributed by atoms with E-state index >= 15 is 0 Å². The smallest absolute Gasteiger partial charge is 0.416 e. The Morgan fingerprint density at radius 3 is 2.90 bits per heavy atom. The first-order chi connectivity index (χ1) is 9.43. The molecule has 2 rings (SSSR count). The van der Waals surface area contributed by atoms with Gasteiger partial charge in [0.05, 0.1) is 23.2 Å². The highest BCUT2D eigenvalue weighted by Gasteiger charge is 2.40. The fourth-order valence-electron chi connectivity index (χ4n) is 1.93. The van der Waals surface area contributed by atoms with Crippen LogP contribution >= 0.6 is 12.6 Å². The first-order valence-electron chi connectivity index (χ1n) is 5.89. The monoisotopic (exact) mass is 299 g/mol. The van der Waals surface area contributed by atoms with Crippen LogP contribution in [0.1, 0.15) is 6.92 Å². The first-order valence-corrected chi connectivity index (χ1v) is 6.52. The van der Waals surface area contributed by atoms with Crippen LogP contribution in [0.3, 0.4) is 0 Å². The van der Waals surface area contributed by atoms with Crippen LogP contribution in [0, 0.1) is 5.82 Å². The number of hydrogen-bond donors (Lipinski definition) is 3. The molecule has 20 heavy (non-hydrogen) atoms. The number of benzene rings is 1. The molecule has 3 N–H and O–H groups in total. The van der Waals surface area contributed by atoms with Crippen molar-refractivity contribution in [1.29, 1.82) is 0 Å². The zero-order chi connectivity index (χ0) is 14.9. The van der Waals surface area contributed by atoms with Crippen LogP contribution in [-0.2, 0) is 9.53 Å². The van der Waals surface area contributed by atoms with E-state index in [0.717, 1.165) is 6.07 Å². The zero-order valence-corrected chi connectivity index (χ0v) is 11.6. The van der Waals surface area contributed by atoms with Crippen LogP contribution in [0.2, 0.25) is 0 Å². The van der Waals surface area contributed by atoms with Crippen LogP contribution in [0.15, 0.2) is 18.2 Å². The fraction of sp³-hybridized carbons (Fsp3) is 0.333. The van der Waals surface area contributed by atoms with Gasteiger partial charge in [0.25, 0.3) is 0 Å². The Morgan fingerprint density at radius 2 is 2.30 bits per heavy atom. The summed E-state index contributed by atoms with van der Waals surface area (Å²) in [5.74, 6) is -0.995. The minimum Gasteiger partial charge on any atom is -0.423 e. The number of amides is 2. The lowest BCUT2D eigenvalue weighted by molar-refractivity contribution is -0.121. The van der Waals surface area contributed by atoms with Crippen molar-refractivity contribution in [3.63, 3.8) is 0 Å². The maximum atomic E-state index is 13.5. The molecule has 6 nitrogen and oxygen atoms in total. The second kappa shape index (κ2) is 5.58. The molecule has 1 aromatic carbocycles. The summed E-state index contributed by atoms with van der Waals surface area (Å²) >= 11 is 3.83. The molecule has 1 saturated heterocycles. The number of hydrogen-bond acceptors (Lipinski definition) is 5. The van der Waals surface area contributed by atoms with Gasteiger partial charge in [-0.1, -0.05) is 0 Å². The molecule has 8 heteroatoms. The van der Waals surface area contributed by atoms with E-state index in [1.54, 1.807) is 6.92 Å². The number of thiol groups is 1. The lowest BCUT2D eigenvalue weighted by atomic mass is 10.2. The molecule has 2 atom stereocenters. The van der Waals surface area contributed by atoms with Gasteiger partial charge in [-0.15, -0.1) is 0 Å². The highest BCUT2D eigenvalue weighted by molar-refractivity contribution is 7.81. The first kappa shape index (κ1) is 14.4. The molecule has 1 unspecified atom stereocenters. The quantitative estimate of drug-likeness (QED) is 0.577. The third kappa shape index (κ3) is 2.64. The number of anilines is 2. The maximum Gasteiger partial charge on any atom is 0.416 e. The minimum atomic E-state index is -0.803. The topological polar surface area (TPSA) is 84.7 Å². The molecule has 0 aromatic heterocycles. The molecule has 1 fully saturated rings. The molecule has 0 radical (unpaired) electrons. The summed E-state index contributed by atoms with van der Waals surface area (Å²) < 4.78 is 18.5. The van der Waals surface area contributed by atoms with Crippen LogP contribution < -0.4 is 16.0 Å². The summed E-state index contributed by atoms with van der Waals surface area (Å²) in [6.07, 6.45) is -1.46. The molecule has 1 aliphatic rings. The summed E-state index contributed by atoms with van der Waals surface area (Å²) in [4.78, 5) is 24.4. The van der Waals surface area contributed by atoms with Crippen molar-refractivity contribution in [3.05, 3.63) is 24.0 Å². The van der Waals surface area contributed by atoms with E-state index in [1.165, 1.54) is 17.0 Å². The van der Waals surface area contributed by atoms with E-state index in [-0.39, 0.29) is 17.3 Å². The zero-order valence-electron chi connectivity index (χ0n) is 10.7. The van der Waals surface area contributed by atoms with E-state index in [0.29, 0.717) is 5.69 Å². The van der Waals surface area contributed by atoms with Gasteiger partial charge in [-0.25, -0.2) is 9.18 Å². The van der Waals surface area contributed by atoms with Crippen molar-refractivity contribution in [1.82, 2.24) is 5.32 Å². The highest BCUT2D eigenvalue weighted by atomic mass is 32.1. The largest absolute Gasteiger partial charge is 0.423 e. The number of nitrogens with one attached hydrogen (secondary N) is 1. The van der Waals surface area contributed by atoms with Crippen molar-refractivity contribution in [2.45, 2.75) is 19.2 Å². The van der Waals surface area contributed by atoms with E-state index in [1.807, 2.05) is 0 Å². The second-order valence-corrected chi connectivity index (χ2v) is 4.66. The highest BCUT2D eigenvalue weighted by Crippen LogP contribution is 2.28. The third-order valence-electron chi connectivity index (χ3n) is 2.98. The second-order valence-electron chi connectivity index (χ2n) is 4.35. The molecular weight excluding hydrogens is 285 g/mol. The lowest BCUT2D eigenvalue weighted by Gasteiger charge is -2.21. The fourth-order valence-corrected chi connectivity index (χ4v) is 2.02. The average Bonchev–Trinajstić information content (AvgIpc) is 2.68. The Labute approximate surface area is 120 Å². The summed E-state index contributed by atoms with van der Waals surface area (Å²) in [6, 6.07) is 3.55. The third-order valence-corrected chi connectivity index (χ3v) is 3.27. The standard InChI is InChI=1S/C12H14FN3O3S/c1-6-11(15-10(17)5-20)19-12(18)16(6)7-2-3-9(14)8(13)4-7/h2-4,6,11,20H,5,14H2,1H3,(H,15,17)/t6?,11-/m0/s1. The van der Waals surface area contributed by atoms with Crippen molar-refractivity contribution in [2.75, 3.05) is 16.4 Å². The van der Waals surface area contributed by atoms with Crippen molar-refractivity contribution >= 4 is 36.0 Å². The van der Waals surface area contributed by atoms with Crippen LogP contribution in [0.25, 0.3) is 0 Å². The number of nitrogens with two attached hydrogens (primary N) is 1. The van der Waals surface area contributed by atoms with Gasteiger partial charge in [-0.05, 0) is 25.1 Å². The van der Waals surface area contributed by atoms with E-state index in [4.69, 9.17) is 10.5 Å². The number of cyclic esters (lactones) is 1. The van der Waals surface area contributed by atoms with Crippen molar-refractivity contribution in [3.8, 4) is 0 Å². The van der Waals surface area contributed by atoms with Crippen LogP contribution in [0.4, 0.5) is 20.6 Å². The normalized spacial score (nSPS) is 21.8. The average molecular weight is 299 g/mol. The minimum absolute atomic E-state index is 0.00565. The number of ether oxygens (including phenoxy) is 1. The molecule has 2 amide bonds. The molecule has 108 valence electrons. The molecule has 1 aromatic rings. The lowest BCUT2D eigenvalue weighted by Crippen LogP contribution is -2.44.